The van der Waals surface area contributed by atoms with Crippen LogP contribution in [0.5, 0.6) is 0 Å². The SMILES string of the molecule is N=C(N)c1ccccc1C#CC=O. The Morgan fingerprint density at radius 2 is 2.15 bits per heavy atom. The highest BCUT2D eigenvalue weighted by atomic mass is 16.1. The van der Waals surface area contributed by atoms with Crippen molar-refractivity contribution in [2.24, 2.45) is 5.73 Å². The van der Waals surface area contributed by atoms with Crippen LogP contribution in [0.2, 0.25) is 0 Å². The summed E-state index contributed by atoms with van der Waals surface area (Å²) in [6.07, 6.45) is 0.511. The molecule has 1 rings (SSSR count). The summed E-state index contributed by atoms with van der Waals surface area (Å²) >= 11 is 0. The van der Waals surface area contributed by atoms with Crippen LogP contribution in [0.25, 0.3) is 0 Å². The molecule has 0 aliphatic carbocycles. The largest absolute Gasteiger partial charge is 0.384 e. The lowest BCUT2D eigenvalue weighted by molar-refractivity contribution is -0.103. The van der Waals surface area contributed by atoms with E-state index >= 15 is 0 Å². The lowest BCUT2D eigenvalue weighted by Crippen LogP contribution is -2.12. The van der Waals surface area contributed by atoms with E-state index in [4.69, 9.17) is 11.1 Å². The molecule has 3 N–H and O–H groups in total. The lowest BCUT2D eigenvalue weighted by atomic mass is 10.1. The maximum atomic E-state index is 10.0. The third-order valence-electron chi connectivity index (χ3n) is 1.48. The fourth-order valence-corrected chi connectivity index (χ4v) is 0.934. The van der Waals surface area contributed by atoms with Gasteiger partial charge in [0, 0.05) is 11.1 Å². The molecule has 3 heteroatoms. The summed E-state index contributed by atoms with van der Waals surface area (Å²) in [7, 11) is 0. The van der Waals surface area contributed by atoms with Crippen LogP contribution in [0, 0.1) is 17.3 Å². The molecule has 0 spiro atoms. The van der Waals surface area contributed by atoms with Gasteiger partial charge in [0.25, 0.3) is 0 Å². The van der Waals surface area contributed by atoms with Gasteiger partial charge in [0.1, 0.15) is 5.84 Å². The Hall–Kier alpha value is -2.08. The zero-order valence-electron chi connectivity index (χ0n) is 6.87. The van der Waals surface area contributed by atoms with E-state index in [9.17, 15) is 4.79 Å². The van der Waals surface area contributed by atoms with E-state index in [0.29, 0.717) is 17.4 Å². The first-order chi connectivity index (χ1) is 6.25. The average molecular weight is 172 g/mol. The molecular weight excluding hydrogens is 164 g/mol. The first kappa shape index (κ1) is 9.01. The number of rotatable bonds is 1. The molecule has 1 aromatic carbocycles. The quantitative estimate of drug-likeness (QED) is 0.281. The fraction of sp³-hybridized carbons (Fsp3) is 0. The molecule has 0 aromatic heterocycles. The number of carbonyl (C=O) groups is 1. The van der Waals surface area contributed by atoms with Gasteiger partial charge in [0.15, 0.2) is 6.29 Å². The molecular formula is C10H8N2O. The van der Waals surface area contributed by atoms with Gasteiger partial charge in [-0.3, -0.25) is 10.2 Å². The van der Waals surface area contributed by atoms with E-state index in [1.54, 1.807) is 24.3 Å². The molecule has 3 nitrogen and oxygen atoms in total. The number of nitrogens with two attached hydrogens (primary N) is 1. The normalized spacial score (nSPS) is 8.31. The van der Waals surface area contributed by atoms with Crippen LogP contribution in [0.4, 0.5) is 0 Å². The monoisotopic (exact) mass is 172 g/mol. The van der Waals surface area contributed by atoms with Gasteiger partial charge in [-0.1, -0.05) is 24.1 Å². The molecule has 0 saturated carbocycles. The zero-order valence-corrected chi connectivity index (χ0v) is 6.87. The minimum atomic E-state index is -0.0456. The fourth-order valence-electron chi connectivity index (χ4n) is 0.934. The van der Waals surface area contributed by atoms with Gasteiger partial charge in [-0.15, -0.1) is 0 Å². The van der Waals surface area contributed by atoms with Gasteiger partial charge in [-0.2, -0.15) is 0 Å². The number of nitrogen functional groups attached to an aromatic ring is 1. The molecule has 0 radical (unpaired) electrons. The maximum absolute atomic E-state index is 10.0. The highest BCUT2D eigenvalue weighted by Crippen LogP contribution is 2.05. The van der Waals surface area contributed by atoms with E-state index in [-0.39, 0.29) is 5.84 Å². The molecule has 0 amide bonds. The molecule has 0 bridgehead atoms. The van der Waals surface area contributed by atoms with Crippen LogP contribution in [-0.2, 0) is 4.79 Å². The molecule has 0 saturated heterocycles. The highest BCUT2D eigenvalue weighted by Gasteiger charge is 2.00. The van der Waals surface area contributed by atoms with Gasteiger partial charge < -0.3 is 5.73 Å². The number of carbonyl (C=O) groups excluding carboxylic acids is 1. The maximum Gasteiger partial charge on any atom is 0.193 e. The summed E-state index contributed by atoms with van der Waals surface area (Å²) in [4.78, 5) is 10.0. The molecule has 0 atom stereocenters. The average Bonchev–Trinajstić information content (AvgIpc) is 2.15. The minimum Gasteiger partial charge on any atom is -0.384 e. The van der Waals surface area contributed by atoms with E-state index in [2.05, 4.69) is 11.8 Å². The van der Waals surface area contributed by atoms with Crippen LogP contribution in [0.1, 0.15) is 11.1 Å². The number of hydrogen-bond donors (Lipinski definition) is 2. The van der Waals surface area contributed by atoms with Crippen LogP contribution in [-0.4, -0.2) is 12.1 Å². The summed E-state index contributed by atoms with van der Waals surface area (Å²) in [5.41, 5.74) is 6.47. The molecule has 0 aliphatic heterocycles. The predicted molar refractivity (Wildman–Crippen MR) is 50.4 cm³/mol. The minimum absolute atomic E-state index is 0.0456. The Morgan fingerprint density at radius 1 is 1.46 bits per heavy atom. The van der Waals surface area contributed by atoms with E-state index < -0.39 is 0 Å². The van der Waals surface area contributed by atoms with Crippen molar-refractivity contribution in [1.29, 1.82) is 5.41 Å². The van der Waals surface area contributed by atoms with Gasteiger partial charge in [-0.25, -0.2) is 0 Å². The van der Waals surface area contributed by atoms with Crippen molar-refractivity contribution < 1.29 is 4.79 Å². The topological polar surface area (TPSA) is 66.9 Å². The van der Waals surface area contributed by atoms with Gasteiger partial charge >= 0.3 is 0 Å². The third-order valence-corrected chi connectivity index (χ3v) is 1.48. The standard InChI is InChI=1S/C10H8N2O/c11-10(12)9-6-2-1-4-8(9)5-3-7-13/h1-2,4,6-7H,(H3,11,12). The summed E-state index contributed by atoms with van der Waals surface area (Å²) in [6.45, 7) is 0. The smallest absolute Gasteiger partial charge is 0.193 e. The lowest BCUT2D eigenvalue weighted by Gasteiger charge is -1.99. The van der Waals surface area contributed by atoms with Gasteiger partial charge in [-0.05, 0) is 12.0 Å². The summed E-state index contributed by atoms with van der Waals surface area (Å²) in [5.74, 6) is 4.84. The molecule has 1 aromatic rings. The predicted octanol–water partition coefficient (Wildman–Crippen LogP) is 0.521. The molecule has 0 fully saturated rings. The first-order valence-electron chi connectivity index (χ1n) is 3.64. The Labute approximate surface area is 76.1 Å². The number of nitrogens with one attached hydrogen (secondary N) is 1. The van der Waals surface area contributed by atoms with Crippen LogP contribution in [0.3, 0.4) is 0 Å². The second-order valence-electron chi connectivity index (χ2n) is 2.35. The van der Waals surface area contributed by atoms with Crippen molar-refractivity contribution in [3.05, 3.63) is 35.4 Å². The van der Waals surface area contributed by atoms with Crippen molar-refractivity contribution in [2.45, 2.75) is 0 Å². The molecule has 0 aliphatic rings. The molecule has 0 heterocycles. The number of aldehydes is 1. The van der Waals surface area contributed by atoms with E-state index in [1.807, 2.05) is 0 Å². The second kappa shape index (κ2) is 4.07. The van der Waals surface area contributed by atoms with Crippen molar-refractivity contribution in [2.75, 3.05) is 0 Å². The van der Waals surface area contributed by atoms with Crippen LogP contribution >= 0.6 is 0 Å². The van der Waals surface area contributed by atoms with Crippen molar-refractivity contribution in [3.63, 3.8) is 0 Å². The number of benzene rings is 1. The third kappa shape index (κ3) is 2.17. The van der Waals surface area contributed by atoms with Crippen molar-refractivity contribution in [3.8, 4) is 11.8 Å². The van der Waals surface area contributed by atoms with Gasteiger partial charge in [0.2, 0.25) is 0 Å². The molecule has 64 valence electrons. The zero-order chi connectivity index (χ0) is 9.68. The van der Waals surface area contributed by atoms with Crippen LogP contribution in [0.15, 0.2) is 24.3 Å². The first-order valence-corrected chi connectivity index (χ1v) is 3.64. The Bertz CT molecular complexity index is 399. The number of hydrogen-bond acceptors (Lipinski definition) is 2. The van der Waals surface area contributed by atoms with Crippen molar-refractivity contribution in [1.82, 2.24) is 0 Å². The summed E-state index contributed by atoms with van der Waals surface area (Å²) in [6, 6.07) is 6.95. The van der Waals surface area contributed by atoms with Crippen LogP contribution < -0.4 is 5.73 Å². The summed E-state index contributed by atoms with van der Waals surface area (Å²) in [5, 5.41) is 7.23. The summed E-state index contributed by atoms with van der Waals surface area (Å²) < 4.78 is 0. The Morgan fingerprint density at radius 3 is 2.77 bits per heavy atom. The molecule has 13 heavy (non-hydrogen) atoms. The van der Waals surface area contributed by atoms with Crippen molar-refractivity contribution >= 4 is 12.1 Å². The Balaban J connectivity index is 3.19. The Kier molecular flexibility index (Phi) is 2.82. The van der Waals surface area contributed by atoms with Gasteiger partial charge in [0.05, 0.1) is 0 Å². The van der Waals surface area contributed by atoms with E-state index in [1.165, 1.54) is 0 Å². The highest BCUT2D eigenvalue weighted by molar-refractivity contribution is 5.97. The second-order valence-corrected chi connectivity index (χ2v) is 2.35. The molecule has 0 unspecified atom stereocenters. The van der Waals surface area contributed by atoms with E-state index in [0.717, 1.165) is 0 Å². The number of amidine groups is 1.